The van der Waals surface area contributed by atoms with E-state index in [1.54, 1.807) is 5.57 Å². The first-order valence-electron chi connectivity index (χ1n) is 2.64. The Kier molecular flexibility index (Phi) is 2.27. The second-order valence-electron chi connectivity index (χ2n) is 2.29. The summed E-state index contributed by atoms with van der Waals surface area (Å²) in [4.78, 5) is 0. The van der Waals surface area contributed by atoms with E-state index in [9.17, 15) is 0 Å². The van der Waals surface area contributed by atoms with E-state index >= 15 is 0 Å². The van der Waals surface area contributed by atoms with Crippen LogP contribution in [0, 0.1) is 0 Å². The Balaban J connectivity index is 2.55. The van der Waals surface area contributed by atoms with E-state index in [1.165, 1.54) is 10.5 Å². The molecular weight excluding hydrogens is 292 g/mol. The summed E-state index contributed by atoms with van der Waals surface area (Å²) in [6.07, 6.45) is 2.34. The van der Waals surface area contributed by atoms with Crippen LogP contribution in [0.15, 0.2) is 11.6 Å². The van der Waals surface area contributed by atoms with E-state index in [0.29, 0.717) is 0 Å². The monoisotopic (exact) mass is 300 g/mol. The van der Waals surface area contributed by atoms with Crippen molar-refractivity contribution in [2.45, 2.75) is 17.4 Å². The maximum absolute atomic E-state index is 3.73. The van der Waals surface area contributed by atoms with Crippen LogP contribution in [0.5, 0.6) is 0 Å². The molecule has 1 aliphatic rings. The zero-order chi connectivity index (χ0) is 6.20. The fourth-order valence-electron chi connectivity index (χ4n) is 0.876. The van der Waals surface area contributed by atoms with Gasteiger partial charge >= 0.3 is 66.7 Å². The molecule has 0 spiro atoms. The van der Waals surface area contributed by atoms with Crippen LogP contribution < -0.4 is 0 Å². The van der Waals surface area contributed by atoms with Crippen molar-refractivity contribution >= 4 is 37.6 Å². The molecule has 0 fully saturated rings. The number of halogens is 2. The van der Waals surface area contributed by atoms with Gasteiger partial charge < -0.3 is 0 Å². The van der Waals surface area contributed by atoms with E-state index in [2.05, 4.69) is 41.0 Å². The first-order chi connectivity index (χ1) is 3.60. The van der Waals surface area contributed by atoms with Gasteiger partial charge in [-0.2, -0.15) is 0 Å². The summed E-state index contributed by atoms with van der Waals surface area (Å²) < 4.78 is 0. The van der Waals surface area contributed by atoms with Gasteiger partial charge in [-0.15, -0.1) is 0 Å². The minimum atomic E-state index is -1.52. The normalized spacial score (nSPS) is 25.6. The van der Waals surface area contributed by atoms with Crippen molar-refractivity contribution in [3.8, 4) is 0 Å². The molecule has 0 nitrogen and oxygen atoms in total. The van der Waals surface area contributed by atoms with Crippen LogP contribution >= 0.6 is 28.0 Å². The first kappa shape index (κ1) is 7.35. The van der Waals surface area contributed by atoms with Gasteiger partial charge in [-0.3, -0.25) is 0 Å². The Morgan fingerprint density at radius 2 is 2.25 bits per heavy atom. The molecule has 1 aliphatic heterocycles. The molecular formula is C5H8Br2Ge. The van der Waals surface area contributed by atoms with E-state index in [0.717, 1.165) is 0 Å². The van der Waals surface area contributed by atoms with Crippen LogP contribution in [-0.4, -0.2) is 9.58 Å². The summed E-state index contributed by atoms with van der Waals surface area (Å²) >= 11 is 7.47. The van der Waals surface area contributed by atoms with Gasteiger partial charge in [0.05, 0.1) is 0 Å². The molecule has 0 aliphatic carbocycles. The predicted molar refractivity (Wildman–Crippen MR) is 47.0 cm³/mol. The molecule has 0 saturated heterocycles. The Morgan fingerprint density at radius 1 is 1.62 bits per heavy atom. The summed E-state index contributed by atoms with van der Waals surface area (Å²) in [5.41, 5.74) is 1.55. The van der Waals surface area contributed by atoms with Crippen LogP contribution in [0.4, 0.5) is 0 Å². The second kappa shape index (κ2) is 2.47. The van der Waals surface area contributed by atoms with E-state index < -0.39 is 9.58 Å². The van der Waals surface area contributed by atoms with Crippen LogP contribution in [0.3, 0.4) is 0 Å². The van der Waals surface area contributed by atoms with Crippen LogP contribution in [0.2, 0.25) is 10.5 Å². The Bertz CT molecular complexity index is 128. The summed E-state index contributed by atoms with van der Waals surface area (Å²) in [5.74, 6) is 0. The molecule has 0 saturated carbocycles. The van der Waals surface area contributed by atoms with Crippen molar-refractivity contribution in [3.05, 3.63) is 11.6 Å². The molecule has 0 aromatic heterocycles. The summed E-state index contributed by atoms with van der Waals surface area (Å²) in [7, 11) is -1.52. The van der Waals surface area contributed by atoms with Crippen molar-refractivity contribution in [1.82, 2.24) is 0 Å². The minimum absolute atomic E-state index is 1.30. The first-order valence-corrected chi connectivity index (χ1v) is 15.4. The molecule has 0 radical (unpaired) electrons. The molecule has 1 rings (SSSR count). The quantitative estimate of drug-likeness (QED) is 0.476. The molecule has 0 N–H and O–H groups in total. The van der Waals surface area contributed by atoms with Gasteiger partial charge in [-0.05, 0) is 0 Å². The van der Waals surface area contributed by atoms with Crippen molar-refractivity contribution < 1.29 is 0 Å². The van der Waals surface area contributed by atoms with Crippen LogP contribution in [-0.2, 0) is 0 Å². The van der Waals surface area contributed by atoms with Crippen molar-refractivity contribution in [3.63, 3.8) is 0 Å². The van der Waals surface area contributed by atoms with Gasteiger partial charge in [0.15, 0.2) is 0 Å². The SMILES string of the molecule is CC1=C[CH2][Ge]([Br])([Br])[CH2]1. The van der Waals surface area contributed by atoms with Gasteiger partial charge in [-0.1, -0.05) is 0 Å². The number of hydrogen-bond donors (Lipinski definition) is 0. The Morgan fingerprint density at radius 3 is 2.38 bits per heavy atom. The third kappa shape index (κ3) is 1.88. The predicted octanol–water partition coefficient (Wildman–Crippen LogP) is 3.18. The summed E-state index contributed by atoms with van der Waals surface area (Å²) in [6, 6.07) is 0. The van der Waals surface area contributed by atoms with Gasteiger partial charge in [0.25, 0.3) is 0 Å². The van der Waals surface area contributed by atoms with Gasteiger partial charge in [0, 0.05) is 0 Å². The third-order valence-corrected chi connectivity index (χ3v) is 11.5. The Labute approximate surface area is 66.3 Å². The van der Waals surface area contributed by atoms with Crippen LogP contribution in [0.1, 0.15) is 6.92 Å². The zero-order valence-corrected chi connectivity index (χ0v) is 10.0. The third-order valence-electron chi connectivity index (χ3n) is 1.29. The van der Waals surface area contributed by atoms with Gasteiger partial charge in [0.1, 0.15) is 0 Å². The average molecular weight is 301 g/mol. The second-order valence-corrected chi connectivity index (χ2v) is 28.8. The zero-order valence-electron chi connectivity index (χ0n) is 4.75. The standard InChI is InChI=1S/C5H8Br2Ge/c1-5-2-3-8(6,7)4-5/h2H,3-4H2,1H3. The molecule has 0 aromatic rings. The van der Waals surface area contributed by atoms with Gasteiger partial charge in [0.2, 0.25) is 0 Å². The van der Waals surface area contributed by atoms with E-state index in [-0.39, 0.29) is 0 Å². The van der Waals surface area contributed by atoms with Gasteiger partial charge in [-0.25, -0.2) is 0 Å². The molecule has 0 bridgehead atoms. The topological polar surface area (TPSA) is 0 Å². The maximum atomic E-state index is 3.73. The van der Waals surface area contributed by atoms with Crippen molar-refractivity contribution in [2.75, 3.05) is 0 Å². The van der Waals surface area contributed by atoms with Crippen LogP contribution in [0.25, 0.3) is 0 Å². The Hall–Kier alpha value is 1.24. The summed E-state index contributed by atoms with van der Waals surface area (Å²) in [5, 5.41) is 2.62. The summed E-state index contributed by atoms with van der Waals surface area (Å²) in [6.45, 7) is 2.20. The molecule has 0 amide bonds. The molecule has 3 heteroatoms. The molecule has 0 aromatic carbocycles. The fraction of sp³-hybridized carbons (Fsp3) is 0.600. The van der Waals surface area contributed by atoms with E-state index in [1.807, 2.05) is 0 Å². The fourth-order valence-corrected chi connectivity index (χ4v) is 10.8. The van der Waals surface area contributed by atoms with Crippen molar-refractivity contribution in [1.29, 1.82) is 0 Å². The average Bonchev–Trinajstić information content (AvgIpc) is 1.82. The number of allylic oxidation sites excluding steroid dienone is 2. The van der Waals surface area contributed by atoms with Crippen molar-refractivity contribution in [2.24, 2.45) is 0 Å². The van der Waals surface area contributed by atoms with E-state index in [4.69, 9.17) is 0 Å². The molecule has 8 heavy (non-hydrogen) atoms. The number of hydrogen-bond acceptors (Lipinski definition) is 0. The molecule has 0 atom stereocenters. The molecule has 46 valence electrons. The number of rotatable bonds is 0. The molecule has 0 unspecified atom stereocenters. The molecule has 1 heterocycles.